The number of carbonyl (C=O) groups excluding carboxylic acids is 2. The lowest BCUT2D eigenvalue weighted by Gasteiger charge is -2.29. The molecular formula is C25H34FN3O4S. The van der Waals surface area contributed by atoms with Crippen molar-refractivity contribution in [2.24, 2.45) is 0 Å². The summed E-state index contributed by atoms with van der Waals surface area (Å²) in [6, 6.07) is 12.2. The van der Waals surface area contributed by atoms with Crippen molar-refractivity contribution in [3.8, 4) is 0 Å². The molecule has 0 aliphatic carbocycles. The van der Waals surface area contributed by atoms with Crippen LogP contribution in [0.25, 0.3) is 0 Å². The molecule has 0 unspecified atom stereocenters. The number of nitrogens with one attached hydrogen (secondary N) is 1. The topological polar surface area (TPSA) is 86.8 Å². The zero-order valence-electron chi connectivity index (χ0n) is 20.3. The Kier molecular flexibility index (Phi) is 10.0. The van der Waals surface area contributed by atoms with Gasteiger partial charge in [0, 0.05) is 26.1 Å². The van der Waals surface area contributed by atoms with Crippen LogP contribution in [-0.4, -0.2) is 50.5 Å². The molecule has 7 nitrogen and oxygen atoms in total. The highest BCUT2D eigenvalue weighted by Crippen LogP contribution is 2.23. The molecule has 1 N–H and O–H groups in total. The van der Waals surface area contributed by atoms with Crippen molar-refractivity contribution in [2.45, 2.75) is 52.6 Å². The third kappa shape index (κ3) is 7.83. The minimum absolute atomic E-state index is 0.0600. The zero-order valence-corrected chi connectivity index (χ0v) is 21.1. The minimum Gasteiger partial charge on any atom is -0.354 e. The summed E-state index contributed by atoms with van der Waals surface area (Å²) >= 11 is 0. The van der Waals surface area contributed by atoms with Crippen LogP contribution in [0.15, 0.2) is 48.5 Å². The second-order valence-electron chi connectivity index (χ2n) is 8.34. The standard InChI is InChI=1S/C25H34FN3O4S/c1-5-16-27-25(31)20(3)28(18-21-12-14-22(26)15-13-21)24(30)11-8-17-29(34(4,32)33)23-10-7-6-9-19(23)2/h6-7,9-10,12-15,20H,5,8,11,16-18H2,1-4H3,(H,27,31)/t20-/m0/s1. The summed E-state index contributed by atoms with van der Waals surface area (Å²) in [6.45, 7) is 6.21. The summed E-state index contributed by atoms with van der Waals surface area (Å²) in [6.07, 6.45) is 2.25. The molecule has 2 rings (SSSR count). The van der Waals surface area contributed by atoms with Crippen LogP contribution in [0.5, 0.6) is 0 Å². The first-order chi connectivity index (χ1) is 16.0. The summed E-state index contributed by atoms with van der Waals surface area (Å²) in [7, 11) is -3.54. The molecule has 2 amide bonds. The molecule has 2 aromatic carbocycles. The second-order valence-corrected chi connectivity index (χ2v) is 10.2. The van der Waals surface area contributed by atoms with Crippen LogP contribution in [0, 0.1) is 12.7 Å². The van der Waals surface area contributed by atoms with Crippen LogP contribution in [-0.2, 0) is 26.2 Å². The summed E-state index contributed by atoms with van der Waals surface area (Å²) in [4.78, 5) is 27.2. The molecule has 0 fully saturated rings. The Labute approximate surface area is 202 Å². The van der Waals surface area contributed by atoms with Gasteiger partial charge in [-0.1, -0.05) is 37.3 Å². The van der Waals surface area contributed by atoms with Gasteiger partial charge in [0.15, 0.2) is 0 Å². The van der Waals surface area contributed by atoms with Gasteiger partial charge in [-0.25, -0.2) is 12.8 Å². The maximum absolute atomic E-state index is 13.3. The number of aryl methyl sites for hydroxylation is 1. The average molecular weight is 492 g/mol. The summed E-state index contributed by atoms with van der Waals surface area (Å²) < 4.78 is 39.4. The van der Waals surface area contributed by atoms with Crippen LogP contribution < -0.4 is 9.62 Å². The number of anilines is 1. The fourth-order valence-electron chi connectivity index (χ4n) is 3.59. The van der Waals surface area contributed by atoms with Crippen LogP contribution in [0.2, 0.25) is 0 Å². The first-order valence-corrected chi connectivity index (χ1v) is 13.2. The van der Waals surface area contributed by atoms with Crippen molar-refractivity contribution < 1.29 is 22.4 Å². The van der Waals surface area contributed by atoms with Crippen molar-refractivity contribution in [1.29, 1.82) is 0 Å². The number of amides is 2. The molecule has 0 spiro atoms. The van der Waals surface area contributed by atoms with Crippen molar-refractivity contribution in [3.05, 3.63) is 65.5 Å². The lowest BCUT2D eigenvalue weighted by Crippen LogP contribution is -2.47. The molecule has 34 heavy (non-hydrogen) atoms. The highest BCUT2D eigenvalue weighted by molar-refractivity contribution is 7.92. The number of sulfonamides is 1. The number of halogens is 1. The second kappa shape index (κ2) is 12.5. The van der Waals surface area contributed by atoms with Crippen LogP contribution in [0.3, 0.4) is 0 Å². The Morgan fingerprint density at radius 2 is 1.74 bits per heavy atom. The lowest BCUT2D eigenvalue weighted by molar-refractivity contribution is -0.140. The Morgan fingerprint density at radius 1 is 1.09 bits per heavy atom. The molecule has 0 aliphatic heterocycles. The first kappa shape index (κ1) is 27.3. The highest BCUT2D eigenvalue weighted by Gasteiger charge is 2.26. The number of hydrogen-bond donors (Lipinski definition) is 1. The van der Waals surface area contributed by atoms with Crippen molar-refractivity contribution in [1.82, 2.24) is 10.2 Å². The van der Waals surface area contributed by atoms with E-state index in [1.165, 1.54) is 21.3 Å². The predicted octanol–water partition coefficient (Wildman–Crippen LogP) is 3.62. The van der Waals surface area contributed by atoms with E-state index in [0.29, 0.717) is 17.8 Å². The number of benzene rings is 2. The fraction of sp³-hybridized carbons (Fsp3) is 0.440. The molecule has 0 bridgehead atoms. The summed E-state index contributed by atoms with van der Waals surface area (Å²) in [5.41, 5.74) is 2.09. The smallest absolute Gasteiger partial charge is 0.242 e. The van der Waals surface area contributed by atoms with Crippen molar-refractivity contribution in [3.63, 3.8) is 0 Å². The lowest BCUT2D eigenvalue weighted by atomic mass is 10.1. The van der Waals surface area contributed by atoms with E-state index in [0.717, 1.165) is 18.2 Å². The number of carbonyl (C=O) groups is 2. The monoisotopic (exact) mass is 491 g/mol. The third-order valence-electron chi connectivity index (χ3n) is 5.52. The first-order valence-electron chi connectivity index (χ1n) is 11.4. The van der Waals surface area contributed by atoms with Gasteiger partial charge in [-0.3, -0.25) is 13.9 Å². The van der Waals surface area contributed by atoms with Crippen molar-refractivity contribution in [2.75, 3.05) is 23.7 Å². The fourth-order valence-corrected chi connectivity index (χ4v) is 4.61. The Bertz CT molecular complexity index is 1070. The molecule has 9 heteroatoms. The van der Waals surface area contributed by atoms with Gasteiger partial charge in [-0.05, 0) is 56.0 Å². The Balaban J connectivity index is 2.15. The van der Waals surface area contributed by atoms with E-state index in [1.807, 2.05) is 26.0 Å². The van der Waals surface area contributed by atoms with E-state index in [9.17, 15) is 22.4 Å². The number of nitrogens with zero attached hydrogens (tertiary/aromatic N) is 2. The Hall–Kier alpha value is -2.94. The van der Waals surface area contributed by atoms with Gasteiger partial charge in [0.25, 0.3) is 0 Å². The van der Waals surface area contributed by atoms with Gasteiger partial charge >= 0.3 is 0 Å². The van der Waals surface area contributed by atoms with Gasteiger partial charge < -0.3 is 10.2 Å². The molecule has 2 aromatic rings. The number of hydrogen-bond acceptors (Lipinski definition) is 4. The quantitative estimate of drug-likeness (QED) is 0.491. The molecule has 0 saturated heterocycles. The van der Waals surface area contributed by atoms with Gasteiger partial charge in [-0.2, -0.15) is 0 Å². The van der Waals surface area contributed by atoms with Crippen LogP contribution in [0.1, 0.15) is 44.2 Å². The summed E-state index contributed by atoms with van der Waals surface area (Å²) in [5, 5.41) is 2.80. The maximum Gasteiger partial charge on any atom is 0.242 e. The molecule has 0 saturated carbocycles. The third-order valence-corrected chi connectivity index (χ3v) is 6.70. The van der Waals surface area contributed by atoms with Gasteiger partial charge in [0.2, 0.25) is 21.8 Å². The average Bonchev–Trinajstić information content (AvgIpc) is 2.79. The highest BCUT2D eigenvalue weighted by atomic mass is 32.2. The molecule has 0 heterocycles. The molecule has 0 aromatic heterocycles. The zero-order chi connectivity index (χ0) is 25.3. The van der Waals surface area contributed by atoms with Crippen molar-refractivity contribution >= 4 is 27.5 Å². The van der Waals surface area contributed by atoms with E-state index in [1.54, 1.807) is 31.2 Å². The van der Waals surface area contributed by atoms with Gasteiger partial charge in [-0.15, -0.1) is 0 Å². The molecular weight excluding hydrogens is 457 g/mol. The molecule has 0 radical (unpaired) electrons. The number of rotatable bonds is 12. The largest absolute Gasteiger partial charge is 0.354 e. The van der Waals surface area contributed by atoms with E-state index in [-0.39, 0.29) is 43.6 Å². The normalized spacial score (nSPS) is 12.1. The van der Waals surface area contributed by atoms with E-state index < -0.39 is 16.1 Å². The van der Waals surface area contributed by atoms with E-state index in [2.05, 4.69) is 5.32 Å². The van der Waals surface area contributed by atoms with E-state index >= 15 is 0 Å². The summed E-state index contributed by atoms with van der Waals surface area (Å²) in [5.74, 6) is -0.927. The van der Waals surface area contributed by atoms with Gasteiger partial charge in [0.05, 0.1) is 11.9 Å². The SMILES string of the molecule is CCCNC(=O)[C@H](C)N(Cc1ccc(F)cc1)C(=O)CCCN(c1ccccc1C)S(C)(=O)=O. The van der Waals surface area contributed by atoms with E-state index in [4.69, 9.17) is 0 Å². The van der Waals surface area contributed by atoms with Crippen LogP contribution >= 0.6 is 0 Å². The molecule has 1 atom stereocenters. The molecule has 186 valence electrons. The molecule has 0 aliphatic rings. The Morgan fingerprint density at radius 3 is 2.32 bits per heavy atom. The predicted molar refractivity (Wildman–Crippen MR) is 132 cm³/mol. The van der Waals surface area contributed by atoms with Crippen LogP contribution in [0.4, 0.5) is 10.1 Å². The van der Waals surface area contributed by atoms with Gasteiger partial charge in [0.1, 0.15) is 11.9 Å². The minimum atomic E-state index is -3.54. The number of para-hydroxylation sites is 1. The maximum atomic E-state index is 13.3.